The standard InChI is InChI=1S/C16H20N2O/c1-13-3-2-4-14(11-13)5-6-16(19)18-9-7-15(12-17)8-10-18/h2-4,11,15H,5-10H2,1H3. The molecule has 1 heterocycles. The summed E-state index contributed by atoms with van der Waals surface area (Å²) in [4.78, 5) is 14.0. The van der Waals surface area contributed by atoms with E-state index >= 15 is 0 Å². The van der Waals surface area contributed by atoms with Gasteiger partial charge in [0, 0.05) is 25.4 Å². The van der Waals surface area contributed by atoms with E-state index in [0.717, 1.165) is 32.4 Å². The lowest BCUT2D eigenvalue weighted by molar-refractivity contribution is -0.132. The van der Waals surface area contributed by atoms with Crippen molar-refractivity contribution in [3.8, 4) is 6.07 Å². The largest absolute Gasteiger partial charge is 0.343 e. The van der Waals surface area contributed by atoms with Gasteiger partial charge in [0.25, 0.3) is 0 Å². The molecule has 19 heavy (non-hydrogen) atoms. The van der Waals surface area contributed by atoms with E-state index in [2.05, 4.69) is 31.2 Å². The van der Waals surface area contributed by atoms with Gasteiger partial charge in [-0.05, 0) is 31.7 Å². The minimum Gasteiger partial charge on any atom is -0.343 e. The second-order valence-electron chi connectivity index (χ2n) is 5.27. The number of aryl methyl sites for hydroxylation is 2. The highest BCUT2D eigenvalue weighted by atomic mass is 16.2. The summed E-state index contributed by atoms with van der Waals surface area (Å²) >= 11 is 0. The molecule has 0 atom stereocenters. The van der Waals surface area contributed by atoms with Crippen LogP contribution in [0.1, 0.15) is 30.4 Å². The molecule has 1 aliphatic rings. The molecule has 0 saturated carbocycles. The van der Waals surface area contributed by atoms with Crippen molar-refractivity contribution < 1.29 is 4.79 Å². The summed E-state index contributed by atoms with van der Waals surface area (Å²) in [6, 6.07) is 10.6. The Morgan fingerprint density at radius 2 is 2.16 bits per heavy atom. The van der Waals surface area contributed by atoms with Crippen molar-refractivity contribution in [2.24, 2.45) is 5.92 Å². The number of nitrogens with zero attached hydrogens (tertiary/aromatic N) is 2. The van der Waals surface area contributed by atoms with Crippen LogP contribution in [0.25, 0.3) is 0 Å². The molecular formula is C16H20N2O. The quantitative estimate of drug-likeness (QED) is 0.834. The minimum atomic E-state index is 0.140. The van der Waals surface area contributed by atoms with Crippen LogP contribution in [-0.4, -0.2) is 23.9 Å². The number of piperidine rings is 1. The molecule has 0 unspecified atom stereocenters. The summed E-state index contributed by atoms with van der Waals surface area (Å²) in [5, 5.41) is 8.84. The lowest BCUT2D eigenvalue weighted by Gasteiger charge is -2.29. The minimum absolute atomic E-state index is 0.140. The zero-order valence-corrected chi connectivity index (χ0v) is 11.4. The molecule has 1 aromatic carbocycles. The maximum atomic E-state index is 12.1. The van der Waals surface area contributed by atoms with Crippen LogP contribution in [0, 0.1) is 24.2 Å². The number of carbonyl (C=O) groups excluding carboxylic acids is 1. The molecule has 0 radical (unpaired) electrons. The number of carbonyl (C=O) groups is 1. The predicted octanol–water partition coefficient (Wildman–Crippen LogP) is 2.69. The first-order valence-electron chi connectivity index (χ1n) is 6.92. The number of likely N-dealkylation sites (tertiary alicyclic amines) is 1. The summed E-state index contributed by atoms with van der Waals surface area (Å²) in [6.07, 6.45) is 3.03. The lowest BCUT2D eigenvalue weighted by atomic mass is 9.98. The van der Waals surface area contributed by atoms with Crippen LogP contribution in [0.5, 0.6) is 0 Å². The second-order valence-corrected chi connectivity index (χ2v) is 5.27. The van der Waals surface area contributed by atoms with Crippen LogP contribution >= 0.6 is 0 Å². The third kappa shape index (κ3) is 3.82. The summed E-state index contributed by atoms with van der Waals surface area (Å²) in [5.74, 6) is 0.360. The first-order valence-corrected chi connectivity index (χ1v) is 6.92. The Balaban J connectivity index is 1.81. The summed E-state index contributed by atoms with van der Waals surface area (Å²) in [5.41, 5.74) is 2.46. The van der Waals surface area contributed by atoms with Crippen molar-refractivity contribution in [2.45, 2.75) is 32.6 Å². The zero-order chi connectivity index (χ0) is 13.7. The molecule has 0 bridgehead atoms. The van der Waals surface area contributed by atoms with E-state index in [4.69, 9.17) is 5.26 Å². The molecule has 1 aliphatic heterocycles. The number of hydrogen-bond acceptors (Lipinski definition) is 2. The maximum Gasteiger partial charge on any atom is 0.222 e. The maximum absolute atomic E-state index is 12.1. The second kappa shape index (κ2) is 6.38. The van der Waals surface area contributed by atoms with Gasteiger partial charge in [-0.2, -0.15) is 5.26 Å². The molecule has 0 N–H and O–H groups in total. The SMILES string of the molecule is Cc1cccc(CCC(=O)N2CCC(C#N)CC2)c1. The van der Waals surface area contributed by atoms with Crippen LogP contribution in [0.3, 0.4) is 0 Å². The van der Waals surface area contributed by atoms with Gasteiger partial charge in [-0.1, -0.05) is 29.8 Å². The van der Waals surface area contributed by atoms with Gasteiger partial charge in [0.1, 0.15) is 0 Å². The van der Waals surface area contributed by atoms with E-state index in [1.54, 1.807) is 0 Å². The van der Waals surface area contributed by atoms with Crippen molar-refractivity contribution in [1.82, 2.24) is 4.90 Å². The Kier molecular flexibility index (Phi) is 4.57. The number of benzene rings is 1. The van der Waals surface area contributed by atoms with Crippen molar-refractivity contribution >= 4 is 5.91 Å². The average Bonchev–Trinajstić information content (AvgIpc) is 2.45. The van der Waals surface area contributed by atoms with Gasteiger partial charge >= 0.3 is 0 Å². The molecule has 2 rings (SSSR count). The van der Waals surface area contributed by atoms with E-state index < -0.39 is 0 Å². The van der Waals surface area contributed by atoms with E-state index in [-0.39, 0.29) is 11.8 Å². The fourth-order valence-electron chi connectivity index (χ4n) is 2.54. The molecule has 3 nitrogen and oxygen atoms in total. The van der Waals surface area contributed by atoms with Gasteiger partial charge in [0.15, 0.2) is 0 Å². The Morgan fingerprint density at radius 1 is 1.42 bits per heavy atom. The van der Waals surface area contributed by atoms with Crippen molar-refractivity contribution in [3.63, 3.8) is 0 Å². The first-order chi connectivity index (χ1) is 9.19. The van der Waals surface area contributed by atoms with Gasteiger partial charge in [-0.3, -0.25) is 4.79 Å². The number of rotatable bonds is 3. The zero-order valence-electron chi connectivity index (χ0n) is 11.4. The topological polar surface area (TPSA) is 44.1 Å². The number of amides is 1. The molecule has 3 heteroatoms. The normalized spacial score (nSPS) is 16.1. The van der Waals surface area contributed by atoms with Crippen LogP contribution in [-0.2, 0) is 11.2 Å². The van der Waals surface area contributed by atoms with Crippen LogP contribution in [0.2, 0.25) is 0 Å². The van der Waals surface area contributed by atoms with Crippen LogP contribution in [0.4, 0.5) is 0 Å². The smallest absolute Gasteiger partial charge is 0.222 e. The Bertz CT molecular complexity index is 482. The van der Waals surface area contributed by atoms with E-state index in [1.165, 1.54) is 11.1 Å². The first kappa shape index (κ1) is 13.6. The molecular weight excluding hydrogens is 236 g/mol. The fourth-order valence-corrected chi connectivity index (χ4v) is 2.54. The molecule has 1 saturated heterocycles. The molecule has 1 amide bonds. The molecule has 1 fully saturated rings. The number of nitriles is 1. The van der Waals surface area contributed by atoms with Crippen molar-refractivity contribution in [2.75, 3.05) is 13.1 Å². The predicted molar refractivity (Wildman–Crippen MR) is 74.4 cm³/mol. The Morgan fingerprint density at radius 3 is 2.79 bits per heavy atom. The Labute approximate surface area is 114 Å². The Hall–Kier alpha value is -1.82. The molecule has 0 spiro atoms. The fraction of sp³-hybridized carbons (Fsp3) is 0.500. The molecule has 0 aromatic heterocycles. The monoisotopic (exact) mass is 256 g/mol. The number of hydrogen-bond donors (Lipinski definition) is 0. The van der Waals surface area contributed by atoms with Crippen LogP contribution < -0.4 is 0 Å². The van der Waals surface area contributed by atoms with Gasteiger partial charge in [0.05, 0.1) is 6.07 Å². The van der Waals surface area contributed by atoms with Crippen molar-refractivity contribution in [1.29, 1.82) is 5.26 Å². The van der Waals surface area contributed by atoms with Gasteiger partial charge in [0.2, 0.25) is 5.91 Å². The van der Waals surface area contributed by atoms with Crippen LogP contribution in [0.15, 0.2) is 24.3 Å². The molecule has 100 valence electrons. The van der Waals surface area contributed by atoms with Gasteiger partial charge in [-0.25, -0.2) is 0 Å². The highest BCUT2D eigenvalue weighted by Gasteiger charge is 2.21. The molecule has 0 aliphatic carbocycles. The summed E-state index contributed by atoms with van der Waals surface area (Å²) in [7, 11) is 0. The third-order valence-electron chi connectivity index (χ3n) is 3.74. The van der Waals surface area contributed by atoms with Gasteiger partial charge in [-0.15, -0.1) is 0 Å². The highest BCUT2D eigenvalue weighted by Crippen LogP contribution is 2.17. The average molecular weight is 256 g/mol. The summed E-state index contributed by atoms with van der Waals surface area (Å²) < 4.78 is 0. The lowest BCUT2D eigenvalue weighted by Crippen LogP contribution is -2.38. The van der Waals surface area contributed by atoms with Gasteiger partial charge < -0.3 is 4.90 Å². The van der Waals surface area contributed by atoms with Crippen molar-refractivity contribution in [3.05, 3.63) is 35.4 Å². The van der Waals surface area contributed by atoms with E-state index in [0.29, 0.717) is 6.42 Å². The third-order valence-corrected chi connectivity index (χ3v) is 3.74. The highest BCUT2D eigenvalue weighted by molar-refractivity contribution is 5.76. The van der Waals surface area contributed by atoms with E-state index in [1.807, 2.05) is 11.0 Å². The summed E-state index contributed by atoms with van der Waals surface area (Å²) in [6.45, 7) is 3.55. The van der Waals surface area contributed by atoms with E-state index in [9.17, 15) is 4.79 Å². The molecule has 1 aromatic rings.